The zero-order valence-corrected chi connectivity index (χ0v) is 45.7. The first-order chi connectivity index (χ1) is 34.2. The normalized spacial score (nSPS) is 15.5. The topological polar surface area (TPSA) is 125 Å². The van der Waals surface area contributed by atoms with E-state index in [2.05, 4.69) is 81.6 Å². The lowest BCUT2D eigenvalue weighted by Gasteiger charge is -2.24. The van der Waals surface area contributed by atoms with E-state index < -0.39 is 6.04 Å². The van der Waals surface area contributed by atoms with Crippen molar-refractivity contribution in [3.63, 3.8) is 0 Å². The minimum absolute atomic E-state index is 0.00313. The monoisotopic (exact) mass is 988 g/mol. The zero-order valence-electron chi connectivity index (χ0n) is 45.7. The maximum absolute atomic E-state index is 13.7. The highest BCUT2D eigenvalue weighted by Crippen LogP contribution is 2.24. The molecule has 2 unspecified atom stereocenters. The number of ether oxygens (including phenoxy) is 6. The zero-order chi connectivity index (χ0) is 51.0. The van der Waals surface area contributed by atoms with Crippen molar-refractivity contribution in [3.05, 3.63) is 48.6 Å². The predicted octanol–water partition coefficient (Wildman–Crippen LogP) is 12.7. The van der Waals surface area contributed by atoms with E-state index >= 15 is 0 Å². The van der Waals surface area contributed by atoms with Crippen molar-refractivity contribution in [3.8, 4) is 0 Å². The van der Waals surface area contributed by atoms with E-state index in [4.69, 9.17) is 28.4 Å². The molecule has 1 aliphatic heterocycles. The molecule has 1 N–H and O–H groups in total. The highest BCUT2D eigenvalue weighted by atomic mass is 16.7. The maximum atomic E-state index is 13.7. The van der Waals surface area contributed by atoms with Gasteiger partial charge < -0.3 is 43.5 Å². The van der Waals surface area contributed by atoms with Crippen molar-refractivity contribution in [2.45, 2.75) is 232 Å². The van der Waals surface area contributed by atoms with Crippen LogP contribution in [-0.2, 0) is 42.8 Å². The molecule has 70 heavy (non-hydrogen) atoms. The summed E-state index contributed by atoms with van der Waals surface area (Å²) in [6.45, 7) is 13.9. The Morgan fingerprint density at radius 2 is 1.00 bits per heavy atom. The third-order valence-electron chi connectivity index (χ3n) is 12.2. The number of carbonyl (C=O) groups excluding carboxylic acids is 3. The molecule has 12 heteroatoms. The average Bonchev–Trinajstić information content (AvgIpc) is 3.78. The lowest BCUT2D eigenvalue weighted by molar-refractivity contribution is -0.152. The largest absolute Gasteiger partial charge is 0.466 e. The molecule has 0 aromatic carbocycles. The van der Waals surface area contributed by atoms with Crippen molar-refractivity contribution >= 4 is 17.8 Å². The molecule has 0 aromatic heterocycles. The number of unbranched alkanes of at least 4 members (excludes halogenated alkanes) is 12. The number of carbonyl (C=O) groups is 3. The van der Waals surface area contributed by atoms with Crippen LogP contribution in [0.1, 0.15) is 207 Å². The lowest BCUT2D eigenvalue weighted by atomic mass is 10.1. The Balaban J connectivity index is 2.50. The molecule has 406 valence electrons. The van der Waals surface area contributed by atoms with E-state index in [-0.39, 0.29) is 36.5 Å². The van der Waals surface area contributed by atoms with Crippen LogP contribution in [0.15, 0.2) is 48.6 Å². The number of allylic oxidation sites excluding steroid dienone is 8. The van der Waals surface area contributed by atoms with Gasteiger partial charge in [-0.1, -0.05) is 82.7 Å². The molecule has 1 rings (SSSR count). The first-order valence-corrected chi connectivity index (χ1v) is 28.3. The van der Waals surface area contributed by atoms with Gasteiger partial charge >= 0.3 is 5.97 Å². The van der Waals surface area contributed by atoms with Crippen LogP contribution in [0.5, 0.6) is 0 Å². The Morgan fingerprint density at radius 3 is 1.47 bits per heavy atom. The van der Waals surface area contributed by atoms with Gasteiger partial charge in [0, 0.05) is 71.9 Å². The second-order valence-electron chi connectivity index (χ2n) is 19.0. The fraction of sp³-hybridized carbons (Fsp3) is 0.810. The summed E-state index contributed by atoms with van der Waals surface area (Å²) in [5.74, 6) is -0.288. The Morgan fingerprint density at radius 1 is 0.543 bits per heavy atom. The van der Waals surface area contributed by atoms with Crippen LogP contribution < -0.4 is 5.32 Å². The van der Waals surface area contributed by atoms with Crippen molar-refractivity contribution in [2.75, 3.05) is 73.4 Å². The number of rotatable bonds is 49. The fourth-order valence-corrected chi connectivity index (χ4v) is 8.06. The van der Waals surface area contributed by atoms with E-state index in [1.165, 1.54) is 0 Å². The minimum Gasteiger partial charge on any atom is -0.466 e. The van der Waals surface area contributed by atoms with Gasteiger partial charge in [-0.15, -0.1) is 0 Å². The molecule has 2 atom stereocenters. The number of nitrogens with one attached hydrogen (secondary N) is 1. The van der Waals surface area contributed by atoms with Gasteiger partial charge in [-0.3, -0.25) is 14.4 Å². The average molecular weight is 988 g/mol. The number of hydrogen-bond acceptors (Lipinski definition) is 10. The van der Waals surface area contributed by atoms with Gasteiger partial charge in [-0.25, -0.2) is 0 Å². The molecule has 0 aliphatic carbocycles. The minimum atomic E-state index is -0.537. The Kier molecular flexibility index (Phi) is 45.0. The summed E-state index contributed by atoms with van der Waals surface area (Å²) in [5, 5.41) is 3.05. The van der Waals surface area contributed by atoms with Gasteiger partial charge in [0.15, 0.2) is 12.6 Å². The Labute approximate surface area is 428 Å². The van der Waals surface area contributed by atoms with Crippen molar-refractivity contribution in [2.24, 2.45) is 0 Å². The highest BCUT2D eigenvalue weighted by molar-refractivity contribution is 5.88. The molecule has 1 aliphatic rings. The second kappa shape index (κ2) is 48.4. The van der Waals surface area contributed by atoms with Crippen molar-refractivity contribution < 1.29 is 42.8 Å². The van der Waals surface area contributed by atoms with Crippen LogP contribution in [0.3, 0.4) is 0 Å². The third kappa shape index (κ3) is 38.8. The number of nitrogens with zero attached hydrogens (tertiary/aromatic N) is 2. The smallest absolute Gasteiger partial charge is 0.305 e. The number of hydrogen-bond donors (Lipinski definition) is 1. The summed E-state index contributed by atoms with van der Waals surface area (Å²) in [6, 6.07) is -0.537. The summed E-state index contributed by atoms with van der Waals surface area (Å²) in [4.78, 5) is 43.5. The van der Waals surface area contributed by atoms with E-state index in [1.807, 2.05) is 19.0 Å². The highest BCUT2D eigenvalue weighted by Gasteiger charge is 2.39. The second-order valence-corrected chi connectivity index (χ2v) is 19.0. The molecule has 1 fully saturated rings. The van der Waals surface area contributed by atoms with Gasteiger partial charge in [0.25, 0.3) is 0 Å². The van der Waals surface area contributed by atoms with Crippen molar-refractivity contribution in [1.29, 1.82) is 0 Å². The molecule has 0 bridgehead atoms. The molecule has 0 aromatic rings. The predicted molar refractivity (Wildman–Crippen MR) is 288 cm³/mol. The van der Waals surface area contributed by atoms with E-state index in [9.17, 15) is 14.4 Å². The first kappa shape index (κ1) is 65.1. The first-order valence-electron chi connectivity index (χ1n) is 28.3. The fourth-order valence-electron chi connectivity index (χ4n) is 8.06. The summed E-state index contributed by atoms with van der Waals surface area (Å²) in [7, 11) is 3.95. The summed E-state index contributed by atoms with van der Waals surface area (Å²) in [6.07, 6.45) is 42.3. The van der Waals surface area contributed by atoms with Gasteiger partial charge in [-0.05, 0) is 168 Å². The lowest BCUT2D eigenvalue weighted by Crippen LogP contribution is -2.47. The van der Waals surface area contributed by atoms with Gasteiger partial charge in [0.2, 0.25) is 11.8 Å². The summed E-state index contributed by atoms with van der Waals surface area (Å²) in [5.41, 5.74) is 0. The van der Waals surface area contributed by atoms with Crippen LogP contribution in [0.25, 0.3) is 0 Å². The van der Waals surface area contributed by atoms with Gasteiger partial charge in [-0.2, -0.15) is 0 Å². The van der Waals surface area contributed by atoms with Crippen LogP contribution >= 0.6 is 0 Å². The molecule has 12 nitrogen and oxygen atoms in total. The number of likely N-dealkylation sites (tertiary alicyclic amines) is 1. The molecule has 1 heterocycles. The third-order valence-corrected chi connectivity index (χ3v) is 12.2. The molecule has 1 saturated heterocycles. The Bertz CT molecular complexity index is 1310. The molecular weight excluding hydrogens is 883 g/mol. The van der Waals surface area contributed by atoms with Crippen LogP contribution in [-0.4, -0.2) is 126 Å². The van der Waals surface area contributed by atoms with E-state index in [0.29, 0.717) is 91.3 Å². The van der Waals surface area contributed by atoms with Gasteiger partial charge in [0.1, 0.15) is 6.04 Å². The summed E-state index contributed by atoms with van der Waals surface area (Å²) < 4.78 is 36.5. The molecular formula is C58H105N3O9. The molecule has 0 saturated carbocycles. The number of likely N-dealkylation sites (N-methyl/N-ethyl adjacent to an activating group) is 1. The quantitative estimate of drug-likeness (QED) is 0.0273. The molecule has 2 amide bonds. The van der Waals surface area contributed by atoms with Crippen molar-refractivity contribution in [1.82, 2.24) is 15.1 Å². The van der Waals surface area contributed by atoms with Crippen LogP contribution in [0.4, 0.5) is 0 Å². The standard InChI is InChI=1S/C58H105N3O9/c1-7-11-15-19-23-33-46-67-56(68-47-34-24-20-16-12-8-2)40-30-29-38-54(62)61-51-52(50-53(61)58(64)59-42-43-60(5)6)65-44-31-27-28-32-45-66-55(63)39-37-41-57(69-48-35-25-21-17-13-9-3)70-49-36-26-22-18-14-10-4/h11-18,52-53,56-57H,7-10,19-51H2,1-6H3,(H,59,64)/b15-11-,16-12-,17-13-,18-14-. The number of amides is 2. The summed E-state index contributed by atoms with van der Waals surface area (Å²) >= 11 is 0. The van der Waals surface area contributed by atoms with E-state index in [1.54, 1.807) is 4.90 Å². The van der Waals surface area contributed by atoms with E-state index in [0.717, 1.165) is 148 Å². The SMILES string of the molecule is CC/C=C\CCCCOC(CCCCC(=O)N1CC(OCCCCCCOC(=O)CCCC(OCCCC/C=C\CC)OCCCC/C=C\CC)CC1C(=O)NCCN(C)C)OCCCC/C=C\CC. The Hall–Kier alpha value is -2.87. The van der Waals surface area contributed by atoms with Crippen LogP contribution in [0.2, 0.25) is 0 Å². The maximum Gasteiger partial charge on any atom is 0.305 e. The molecule has 0 spiro atoms. The molecule has 0 radical (unpaired) electrons. The van der Waals surface area contributed by atoms with Crippen LogP contribution in [0, 0.1) is 0 Å². The van der Waals surface area contributed by atoms with Gasteiger partial charge in [0.05, 0.1) is 12.7 Å². The number of esters is 1.